The normalized spacial score (nSPS) is 3.38. The minimum absolute atomic E-state index is 0. The van der Waals surface area contributed by atoms with Crippen LogP contribution in [-0.2, 0) is 32.0 Å². The molecule has 1 radical (unpaired) electrons. The smallest absolute Gasteiger partial charge is 0.414 e. The molecule has 14 N–H and O–H groups in total. The van der Waals surface area contributed by atoms with Crippen molar-refractivity contribution in [3.63, 3.8) is 0 Å². The molecule has 0 saturated heterocycles. The van der Waals surface area contributed by atoms with Gasteiger partial charge in [0.1, 0.15) is 0 Å². The average molecular weight is 291 g/mol. The van der Waals surface area contributed by atoms with Crippen molar-refractivity contribution in [1.82, 2.24) is 0 Å². The van der Waals surface area contributed by atoms with Crippen LogP contribution in [0, 0.1) is 0 Å². The molecule has 0 aromatic rings. The van der Waals surface area contributed by atoms with Crippen LogP contribution < -0.4 is 0 Å². The molecule has 0 amide bonds. The molecule has 0 rings (SSSR count). The molecule has 0 atom stereocenters. The van der Waals surface area contributed by atoms with Gasteiger partial charge in [-0.2, -0.15) is 0 Å². The minimum Gasteiger partial charge on any atom is -0.473 e. The van der Waals surface area contributed by atoms with Gasteiger partial charge in [0.05, 0.1) is 0 Å². The van der Waals surface area contributed by atoms with Crippen molar-refractivity contribution in [1.29, 1.82) is 0 Å². The van der Waals surface area contributed by atoms with Crippen molar-refractivity contribution < 1.29 is 75.0 Å². The minimum atomic E-state index is -1.82. The van der Waals surface area contributed by atoms with Crippen molar-refractivity contribution in [2.45, 2.75) is 0 Å². The van der Waals surface area contributed by atoms with Gasteiger partial charge in [-0.3, -0.25) is 0 Å². The quantitative estimate of drug-likeness (QED) is 0.325. The van der Waals surface area contributed by atoms with Crippen LogP contribution in [0.5, 0.6) is 0 Å². The van der Waals surface area contributed by atoms with Gasteiger partial charge in [0, 0.05) is 22.4 Å². The second-order valence-electron chi connectivity index (χ2n) is 0.610. The van der Waals surface area contributed by atoms with E-state index in [1.807, 2.05) is 0 Å². The molecule has 0 aliphatic carbocycles. The fourth-order valence-electron chi connectivity index (χ4n) is 0. The summed E-state index contributed by atoms with van der Waals surface area (Å²) in [5.74, 6) is -3.65. The molecule has 0 spiro atoms. The Balaban J connectivity index is -0.00000000595. The van der Waals surface area contributed by atoms with Gasteiger partial charge >= 0.3 is 11.9 Å². The van der Waals surface area contributed by atoms with Crippen LogP contribution in [0.2, 0.25) is 0 Å². The van der Waals surface area contributed by atoms with E-state index in [1.165, 1.54) is 0 Å². The molecule has 10 nitrogen and oxygen atoms in total. The van der Waals surface area contributed by atoms with Gasteiger partial charge in [-0.05, 0) is 0 Å². The van der Waals surface area contributed by atoms with Gasteiger partial charge in [0.2, 0.25) is 0 Å². The van der Waals surface area contributed by atoms with E-state index in [2.05, 4.69) is 0 Å². The number of carbonyl (C=O) groups is 2. The van der Waals surface area contributed by atoms with E-state index in [0.29, 0.717) is 0 Å². The molecule has 0 aliphatic rings. The molecular formula is C2H14NbO10. The maximum absolute atomic E-state index is 9.10. The summed E-state index contributed by atoms with van der Waals surface area (Å²) >= 11 is 0. The predicted molar refractivity (Wildman–Crippen MR) is 37.0 cm³/mol. The fourth-order valence-corrected chi connectivity index (χ4v) is 0. The summed E-state index contributed by atoms with van der Waals surface area (Å²) in [5.41, 5.74) is 0. The van der Waals surface area contributed by atoms with E-state index >= 15 is 0 Å². The average Bonchev–Trinajstić information content (AvgIpc) is 1.36. The number of carboxylic acid groups (broad SMARTS) is 2. The Hall–Kier alpha value is -0.560. The molecule has 11 heteroatoms. The first-order valence-corrected chi connectivity index (χ1v) is 1.11. The molecule has 0 bridgehead atoms. The van der Waals surface area contributed by atoms with E-state index in [1.54, 1.807) is 0 Å². The zero-order valence-electron chi connectivity index (χ0n) is 6.16. The molecule has 0 aliphatic heterocycles. The van der Waals surface area contributed by atoms with Crippen molar-refractivity contribution in [2.24, 2.45) is 0 Å². The van der Waals surface area contributed by atoms with Crippen LogP contribution in [-0.4, -0.2) is 55.0 Å². The topological polar surface area (TPSA) is 264 Å². The summed E-state index contributed by atoms with van der Waals surface area (Å²) in [5, 5.41) is 14.8. The number of aliphatic carboxylic acids is 2. The van der Waals surface area contributed by atoms with Crippen LogP contribution in [0.15, 0.2) is 0 Å². The number of rotatable bonds is 0. The van der Waals surface area contributed by atoms with Crippen LogP contribution in [0.4, 0.5) is 0 Å². The molecule has 0 aromatic heterocycles. The predicted octanol–water partition coefficient (Wildman–Crippen LogP) is -5.80. The first-order valence-electron chi connectivity index (χ1n) is 1.11. The monoisotopic (exact) mass is 291 g/mol. The molecule has 0 heterocycles. The molecule has 87 valence electrons. The van der Waals surface area contributed by atoms with Crippen molar-refractivity contribution in [3.05, 3.63) is 0 Å². The molecular weight excluding hydrogens is 277 g/mol. The van der Waals surface area contributed by atoms with Crippen LogP contribution in [0.3, 0.4) is 0 Å². The SMILES string of the molecule is O.O.O.O.O.O.O=C(O)C(=O)O.[Nb]. The third-order valence-corrected chi connectivity index (χ3v) is 0.183. The molecule has 0 aromatic carbocycles. The van der Waals surface area contributed by atoms with Crippen molar-refractivity contribution >= 4 is 11.9 Å². The van der Waals surface area contributed by atoms with Crippen molar-refractivity contribution in [2.75, 3.05) is 0 Å². The summed E-state index contributed by atoms with van der Waals surface area (Å²) in [4.78, 5) is 18.2. The Kier molecular flexibility index (Phi) is 268. The summed E-state index contributed by atoms with van der Waals surface area (Å²) in [6.07, 6.45) is 0. The van der Waals surface area contributed by atoms with Gasteiger partial charge in [0.25, 0.3) is 0 Å². The van der Waals surface area contributed by atoms with Gasteiger partial charge in [0.15, 0.2) is 0 Å². The van der Waals surface area contributed by atoms with E-state index in [4.69, 9.17) is 19.8 Å². The maximum Gasteiger partial charge on any atom is 0.414 e. The Labute approximate surface area is 87.5 Å². The first-order chi connectivity index (χ1) is 2.64. The van der Waals surface area contributed by atoms with Crippen LogP contribution in [0.25, 0.3) is 0 Å². The molecule has 13 heavy (non-hydrogen) atoms. The summed E-state index contributed by atoms with van der Waals surface area (Å²) in [6, 6.07) is 0. The largest absolute Gasteiger partial charge is 0.473 e. The Morgan fingerprint density at radius 1 is 0.615 bits per heavy atom. The van der Waals surface area contributed by atoms with E-state index in [-0.39, 0.29) is 55.2 Å². The summed E-state index contributed by atoms with van der Waals surface area (Å²) < 4.78 is 0. The third-order valence-electron chi connectivity index (χ3n) is 0.183. The molecule has 0 saturated carbocycles. The van der Waals surface area contributed by atoms with E-state index < -0.39 is 11.9 Å². The zero-order chi connectivity index (χ0) is 5.15. The summed E-state index contributed by atoms with van der Waals surface area (Å²) in [6.45, 7) is 0. The zero-order valence-corrected chi connectivity index (χ0v) is 8.36. The summed E-state index contributed by atoms with van der Waals surface area (Å²) in [7, 11) is 0. The van der Waals surface area contributed by atoms with Crippen LogP contribution >= 0.6 is 0 Å². The van der Waals surface area contributed by atoms with E-state index in [0.717, 1.165) is 0 Å². The number of hydrogen-bond acceptors (Lipinski definition) is 2. The second kappa shape index (κ2) is 42.1. The third kappa shape index (κ3) is 86.1. The first kappa shape index (κ1) is 82.6. The molecule has 0 unspecified atom stereocenters. The van der Waals surface area contributed by atoms with Gasteiger partial charge in [-0.15, -0.1) is 0 Å². The number of hydrogen-bond donors (Lipinski definition) is 2. The van der Waals surface area contributed by atoms with Crippen molar-refractivity contribution in [3.8, 4) is 0 Å². The molecule has 0 fully saturated rings. The Bertz CT molecular complexity index is 78.9. The Morgan fingerprint density at radius 2 is 0.692 bits per heavy atom. The van der Waals surface area contributed by atoms with Crippen LogP contribution in [0.1, 0.15) is 0 Å². The fraction of sp³-hybridized carbons (Fsp3) is 0. The van der Waals surface area contributed by atoms with Gasteiger partial charge < -0.3 is 43.1 Å². The second-order valence-corrected chi connectivity index (χ2v) is 0.610. The van der Waals surface area contributed by atoms with Gasteiger partial charge in [-0.25, -0.2) is 9.59 Å². The number of carboxylic acids is 2. The maximum atomic E-state index is 9.10. The van der Waals surface area contributed by atoms with E-state index in [9.17, 15) is 0 Å². The Morgan fingerprint density at radius 3 is 0.692 bits per heavy atom. The standard InChI is InChI=1S/C2H2O4.Nb.6H2O/c3-1(4)2(5)6;;;;;;;/h(H,3,4)(H,5,6);;6*1H2. The van der Waals surface area contributed by atoms with Gasteiger partial charge in [-0.1, -0.05) is 0 Å².